The van der Waals surface area contributed by atoms with Crippen molar-refractivity contribution in [2.45, 2.75) is 5.60 Å². The third-order valence-electron chi connectivity index (χ3n) is 4.48. The molecule has 0 fully saturated rings. The molecule has 4 aromatic rings. The Hall–Kier alpha value is -3.43. The highest BCUT2D eigenvalue weighted by Gasteiger charge is 2.35. The van der Waals surface area contributed by atoms with Gasteiger partial charge in [-0.25, -0.2) is 0 Å². The molecule has 3 aromatic carbocycles. The van der Waals surface area contributed by atoms with Crippen LogP contribution in [0, 0.1) is 0 Å². The minimum Gasteiger partial charge on any atom is -0.457 e. The average molecular weight is 353 g/mol. The Balaban J connectivity index is 1.73. The molecule has 4 rings (SSSR count). The van der Waals surface area contributed by atoms with Crippen LogP contribution in [0.1, 0.15) is 16.8 Å². The fraction of sp³-hybridized carbons (Fsp3) is 0.0417. The molecule has 1 aromatic heterocycles. The van der Waals surface area contributed by atoms with Crippen molar-refractivity contribution in [3.05, 3.63) is 126 Å². The number of rotatable bonds is 5. The molecule has 1 N–H and O–H groups in total. The first-order chi connectivity index (χ1) is 13.3. The summed E-state index contributed by atoms with van der Waals surface area (Å²) in [6.45, 7) is 0. The monoisotopic (exact) mass is 353 g/mol. The zero-order chi connectivity index (χ0) is 18.5. The molecule has 0 amide bonds. The van der Waals surface area contributed by atoms with E-state index < -0.39 is 5.60 Å². The number of aliphatic hydroxyl groups is 1. The Labute approximate surface area is 158 Å². The molecule has 0 aliphatic carbocycles. The van der Waals surface area contributed by atoms with E-state index >= 15 is 0 Å². The predicted molar refractivity (Wildman–Crippen MR) is 106 cm³/mol. The summed E-state index contributed by atoms with van der Waals surface area (Å²) in [4.78, 5) is 4.41. The third-order valence-corrected chi connectivity index (χ3v) is 4.48. The van der Waals surface area contributed by atoms with Crippen LogP contribution in [-0.2, 0) is 5.60 Å². The molecule has 3 nitrogen and oxygen atoms in total. The van der Waals surface area contributed by atoms with E-state index in [2.05, 4.69) is 4.98 Å². The molecule has 132 valence electrons. The summed E-state index contributed by atoms with van der Waals surface area (Å²) in [6.07, 6.45) is 1.69. The van der Waals surface area contributed by atoms with Crippen molar-refractivity contribution >= 4 is 0 Å². The third kappa shape index (κ3) is 3.46. The van der Waals surface area contributed by atoms with E-state index in [1.807, 2.05) is 103 Å². The van der Waals surface area contributed by atoms with Crippen LogP contribution in [0.25, 0.3) is 0 Å². The van der Waals surface area contributed by atoms with Gasteiger partial charge in [0.1, 0.15) is 11.5 Å². The van der Waals surface area contributed by atoms with Gasteiger partial charge < -0.3 is 9.84 Å². The Morgan fingerprint density at radius 2 is 1.15 bits per heavy atom. The number of para-hydroxylation sites is 1. The summed E-state index contributed by atoms with van der Waals surface area (Å²) >= 11 is 0. The van der Waals surface area contributed by atoms with Gasteiger partial charge in [-0.2, -0.15) is 0 Å². The van der Waals surface area contributed by atoms with E-state index in [0.29, 0.717) is 11.4 Å². The number of benzene rings is 3. The lowest BCUT2D eigenvalue weighted by atomic mass is 9.83. The van der Waals surface area contributed by atoms with Crippen molar-refractivity contribution in [3.63, 3.8) is 0 Å². The van der Waals surface area contributed by atoms with Gasteiger partial charge in [0.15, 0.2) is 5.60 Å². The van der Waals surface area contributed by atoms with E-state index in [1.165, 1.54) is 0 Å². The van der Waals surface area contributed by atoms with E-state index in [0.717, 1.165) is 16.9 Å². The maximum absolute atomic E-state index is 11.7. The largest absolute Gasteiger partial charge is 0.457 e. The second-order valence-corrected chi connectivity index (χ2v) is 6.23. The number of nitrogens with zero attached hydrogens (tertiary/aromatic N) is 1. The Kier molecular flexibility index (Phi) is 4.69. The summed E-state index contributed by atoms with van der Waals surface area (Å²) in [7, 11) is 0. The fourth-order valence-corrected chi connectivity index (χ4v) is 3.11. The van der Waals surface area contributed by atoms with Crippen molar-refractivity contribution < 1.29 is 9.84 Å². The molecule has 0 bridgehead atoms. The van der Waals surface area contributed by atoms with Gasteiger partial charge in [-0.05, 0) is 47.5 Å². The fourth-order valence-electron chi connectivity index (χ4n) is 3.11. The first-order valence-corrected chi connectivity index (χ1v) is 8.80. The molecule has 1 heterocycles. The van der Waals surface area contributed by atoms with Crippen LogP contribution in [0.15, 0.2) is 109 Å². The number of pyridine rings is 1. The van der Waals surface area contributed by atoms with Crippen LogP contribution >= 0.6 is 0 Å². The molecule has 0 aliphatic rings. The predicted octanol–water partition coefficient (Wildman–Crippen LogP) is 5.16. The standard InChI is InChI=1S/C24H19NO2/c26-24(19-9-3-1-4-10-19,23-13-7-8-18-25-23)20-14-16-22(17-15-20)27-21-11-5-2-6-12-21/h1-18,26H. The molecule has 0 radical (unpaired) electrons. The molecule has 0 spiro atoms. The lowest BCUT2D eigenvalue weighted by molar-refractivity contribution is 0.121. The van der Waals surface area contributed by atoms with E-state index in [9.17, 15) is 5.11 Å². The second kappa shape index (κ2) is 7.44. The summed E-state index contributed by atoms with van der Waals surface area (Å²) < 4.78 is 5.86. The van der Waals surface area contributed by atoms with Crippen molar-refractivity contribution in [1.29, 1.82) is 0 Å². The SMILES string of the molecule is OC(c1ccccc1)(c1ccc(Oc2ccccc2)cc1)c1ccccn1. The van der Waals surface area contributed by atoms with Crippen molar-refractivity contribution in [2.75, 3.05) is 0 Å². The Morgan fingerprint density at radius 1 is 0.593 bits per heavy atom. The first kappa shape index (κ1) is 17.0. The topological polar surface area (TPSA) is 42.4 Å². The summed E-state index contributed by atoms with van der Waals surface area (Å²) in [5.74, 6) is 1.48. The maximum atomic E-state index is 11.7. The lowest BCUT2D eigenvalue weighted by Gasteiger charge is -2.29. The maximum Gasteiger partial charge on any atom is 0.157 e. The van der Waals surface area contributed by atoms with E-state index in [4.69, 9.17) is 4.74 Å². The minimum atomic E-state index is -1.34. The Morgan fingerprint density at radius 3 is 1.78 bits per heavy atom. The van der Waals surface area contributed by atoms with Gasteiger partial charge in [0, 0.05) is 6.20 Å². The highest BCUT2D eigenvalue weighted by Crippen LogP contribution is 2.36. The van der Waals surface area contributed by atoms with Gasteiger partial charge in [-0.1, -0.05) is 66.7 Å². The van der Waals surface area contributed by atoms with Gasteiger partial charge in [-0.15, -0.1) is 0 Å². The average Bonchev–Trinajstić information content (AvgIpc) is 2.76. The summed E-state index contributed by atoms with van der Waals surface area (Å²) in [5.41, 5.74) is 0.731. The van der Waals surface area contributed by atoms with Gasteiger partial charge in [0.05, 0.1) is 5.69 Å². The molecule has 1 unspecified atom stereocenters. The molecule has 3 heteroatoms. The lowest BCUT2D eigenvalue weighted by Crippen LogP contribution is -2.29. The van der Waals surface area contributed by atoms with Crippen molar-refractivity contribution in [2.24, 2.45) is 0 Å². The van der Waals surface area contributed by atoms with Crippen LogP contribution < -0.4 is 4.74 Å². The van der Waals surface area contributed by atoms with Gasteiger partial charge >= 0.3 is 0 Å². The number of hydrogen-bond donors (Lipinski definition) is 1. The van der Waals surface area contributed by atoms with E-state index in [-0.39, 0.29) is 0 Å². The second-order valence-electron chi connectivity index (χ2n) is 6.23. The molecule has 1 atom stereocenters. The number of hydrogen-bond acceptors (Lipinski definition) is 3. The highest BCUT2D eigenvalue weighted by molar-refractivity contribution is 5.46. The highest BCUT2D eigenvalue weighted by atomic mass is 16.5. The minimum absolute atomic E-state index is 0.577. The van der Waals surface area contributed by atoms with Crippen LogP contribution in [-0.4, -0.2) is 10.1 Å². The van der Waals surface area contributed by atoms with Gasteiger partial charge in [0.25, 0.3) is 0 Å². The zero-order valence-electron chi connectivity index (χ0n) is 14.7. The van der Waals surface area contributed by atoms with Gasteiger partial charge in [-0.3, -0.25) is 4.98 Å². The molecule has 0 saturated carbocycles. The molecular formula is C24H19NO2. The summed E-state index contributed by atoms with van der Waals surface area (Å²) in [5, 5.41) is 11.7. The van der Waals surface area contributed by atoms with Crippen LogP contribution in [0.5, 0.6) is 11.5 Å². The van der Waals surface area contributed by atoms with Crippen LogP contribution in [0.2, 0.25) is 0 Å². The Bertz CT molecular complexity index is 945. The normalized spacial score (nSPS) is 12.9. The quantitative estimate of drug-likeness (QED) is 0.539. The van der Waals surface area contributed by atoms with E-state index in [1.54, 1.807) is 6.20 Å². The number of ether oxygens (including phenoxy) is 1. The zero-order valence-corrected chi connectivity index (χ0v) is 14.7. The van der Waals surface area contributed by atoms with Crippen molar-refractivity contribution in [3.8, 4) is 11.5 Å². The van der Waals surface area contributed by atoms with Gasteiger partial charge in [0.2, 0.25) is 0 Å². The molecule has 27 heavy (non-hydrogen) atoms. The summed E-state index contributed by atoms with van der Waals surface area (Å²) in [6, 6.07) is 32.2. The smallest absolute Gasteiger partial charge is 0.157 e. The van der Waals surface area contributed by atoms with Crippen LogP contribution in [0.4, 0.5) is 0 Å². The molecule has 0 aliphatic heterocycles. The number of aromatic nitrogens is 1. The molecule has 0 saturated heterocycles. The molecular weight excluding hydrogens is 334 g/mol. The first-order valence-electron chi connectivity index (χ1n) is 8.80. The van der Waals surface area contributed by atoms with Crippen LogP contribution in [0.3, 0.4) is 0 Å². The van der Waals surface area contributed by atoms with Crippen molar-refractivity contribution in [1.82, 2.24) is 4.98 Å².